The lowest BCUT2D eigenvalue weighted by Crippen LogP contribution is -2.12. The van der Waals surface area contributed by atoms with Crippen LogP contribution in [0.25, 0.3) is 0 Å². The third kappa shape index (κ3) is 3.37. The van der Waals surface area contributed by atoms with Gasteiger partial charge in [0.05, 0.1) is 5.02 Å². The summed E-state index contributed by atoms with van der Waals surface area (Å²) in [5.41, 5.74) is 0.0111. The van der Waals surface area contributed by atoms with Crippen LogP contribution in [0.2, 0.25) is 5.02 Å². The highest BCUT2D eigenvalue weighted by Crippen LogP contribution is 2.32. The number of benzene rings is 1. The minimum Gasteiger partial charge on any atom is -0.271 e. The number of nitriles is 1. The van der Waals surface area contributed by atoms with Gasteiger partial charge in [0.25, 0.3) is 0 Å². The number of hydrogen-bond acceptors (Lipinski definition) is 3. The molecule has 0 aromatic heterocycles. The molecule has 0 fully saturated rings. The van der Waals surface area contributed by atoms with E-state index in [1.807, 2.05) is 0 Å². The summed E-state index contributed by atoms with van der Waals surface area (Å²) in [6, 6.07) is 2.79. The number of nitrogens with zero attached hydrogens (tertiary/aromatic N) is 2. The van der Waals surface area contributed by atoms with Crippen molar-refractivity contribution in [2.75, 3.05) is 6.26 Å². The van der Waals surface area contributed by atoms with Gasteiger partial charge in [-0.2, -0.15) is 5.26 Å². The van der Waals surface area contributed by atoms with E-state index in [1.165, 1.54) is 23.9 Å². The van der Waals surface area contributed by atoms with Gasteiger partial charge in [-0.15, -0.1) is 0 Å². The van der Waals surface area contributed by atoms with Crippen molar-refractivity contribution < 1.29 is 4.39 Å². The van der Waals surface area contributed by atoms with Crippen molar-refractivity contribution in [1.82, 2.24) is 5.32 Å². The maximum absolute atomic E-state index is 13.5. The predicted molar refractivity (Wildman–Crippen MR) is 68.5 cm³/mol. The minimum atomic E-state index is -0.550. The number of aliphatic imine (C=N–C) groups is 1. The Kier molecular flexibility index (Phi) is 5.06. The van der Waals surface area contributed by atoms with Gasteiger partial charge < -0.3 is 0 Å². The first-order valence-corrected chi connectivity index (χ1v) is 6.40. The lowest BCUT2D eigenvalue weighted by atomic mass is 10.3. The molecule has 0 saturated carbocycles. The molecule has 0 radical (unpaired) electrons. The van der Waals surface area contributed by atoms with Crippen molar-refractivity contribution in [2.45, 2.75) is 0 Å². The first-order valence-electron chi connectivity index (χ1n) is 4.00. The fourth-order valence-electron chi connectivity index (χ4n) is 0.915. The summed E-state index contributed by atoms with van der Waals surface area (Å²) < 4.78 is 14.0. The molecule has 1 N–H and O–H groups in total. The fourth-order valence-corrected chi connectivity index (χ4v) is 2.06. The summed E-state index contributed by atoms with van der Waals surface area (Å²) >= 11 is 10.1. The number of amidine groups is 1. The molecule has 0 atom stereocenters. The molecular weight excluding hydrogens is 317 g/mol. The molecule has 1 aromatic rings. The highest BCUT2D eigenvalue weighted by molar-refractivity contribution is 9.10. The van der Waals surface area contributed by atoms with E-state index in [2.05, 4.69) is 26.2 Å². The van der Waals surface area contributed by atoms with E-state index in [1.54, 1.807) is 12.4 Å². The third-order valence-corrected chi connectivity index (χ3v) is 2.88. The Morgan fingerprint density at radius 2 is 2.38 bits per heavy atom. The molecule has 0 amide bonds. The smallest absolute Gasteiger partial charge is 0.183 e. The van der Waals surface area contributed by atoms with E-state index in [0.717, 1.165) is 0 Å². The summed E-state index contributed by atoms with van der Waals surface area (Å²) in [6.07, 6.45) is 3.43. The molecule has 1 aromatic carbocycles. The molecule has 0 heterocycles. The number of hydrogen-bond donors (Lipinski definition) is 1. The molecule has 3 nitrogen and oxygen atoms in total. The van der Waals surface area contributed by atoms with Gasteiger partial charge in [-0.25, -0.2) is 9.38 Å². The average Bonchev–Trinajstić information content (AvgIpc) is 2.21. The van der Waals surface area contributed by atoms with E-state index in [-0.39, 0.29) is 15.9 Å². The molecule has 0 bridgehead atoms. The van der Waals surface area contributed by atoms with E-state index in [0.29, 0.717) is 4.47 Å². The Morgan fingerprint density at radius 1 is 1.69 bits per heavy atom. The van der Waals surface area contributed by atoms with Crippen LogP contribution in [-0.4, -0.2) is 11.4 Å². The second-order valence-corrected chi connectivity index (χ2v) is 4.69. The molecule has 84 valence electrons. The van der Waals surface area contributed by atoms with Crippen LogP contribution in [0, 0.1) is 17.3 Å². The van der Waals surface area contributed by atoms with Crippen LogP contribution >= 0.6 is 39.3 Å². The van der Waals surface area contributed by atoms with Crippen molar-refractivity contribution in [3.05, 3.63) is 27.4 Å². The minimum absolute atomic E-state index is 0.0111. The lowest BCUT2D eigenvalue weighted by molar-refractivity contribution is 0.629. The Bertz CT molecular complexity index is 449. The molecule has 0 aliphatic heterocycles. The van der Waals surface area contributed by atoms with Gasteiger partial charge in [0, 0.05) is 4.47 Å². The Labute approximate surface area is 110 Å². The maximum Gasteiger partial charge on any atom is 0.183 e. The van der Waals surface area contributed by atoms with E-state index in [9.17, 15) is 4.39 Å². The van der Waals surface area contributed by atoms with Crippen molar-refractivity contribution in [1.29, 1.82) is 5.26 Å². The SMILES string of the molecule is CSC(=Nc1c(F)cc(Br)cc1Cl)NC#N. The lowest BCUT2D eigenvalue weighted by Gasteiger charge is -2.03. The largest absolute Gasteiger partial charge is 0.271 e. The summed E-state index contributed by atoms with van der Waals surface area (Å²) in [7, 11) is 0. The van der Waals surface area contributed by atoms with Crippen LogP contribution in [-0.2, 0) is 0 Å². The summed E-state index contributed by atoms with van der Waals surface area (Å²) in [6.45, 7) is 0. The Balaban J connectivity index is 3.19. The zero-order valence-electron chi connectivity index (χ0n) is 8.09. The standard InChI is InChI=1S/C9H6BrClFN3S/c1-16-9(14-4-13)15-8-6(11)2-5(10)3-7(8)12/h2-3H,1H3,(H,14,15). The van der Waals surface area contributed by atoms with Crippen LogP contribution < -0.4 is 5.32 Å². The van der Waals surface area contributed by atoms with Gasteiger partial charge in [0.15, 0.2) is 17.2 Å². The number of halogens is 3. The number of nitrogens with one attached hydrogen (secondary N) is 1. The van der Waals surface area contributed by atoms with Gasteiger partial charge >= 0.3 is 0 Å². The van der Waals surface area contributed by atoms with Crippen molar-refractivity contribution >= 4 is 50.1 Å². The molecule has 1 rings (SSSR count). The normalized spacial score (nSPS) is 11.1. The summed E-state index contributed by atoms with van der Waals surface area (Å²) in [5, 5.41) is 11.2. The highest BCUT2D eigenvalue weighted by Gasteiger charge is 2.09. The summed E-state index contributed by atoms with van der Waals surface area (Å²) in [5.74, 6) is -0.550. The average molecular weight is 323 g/mol. The van der Waals surface area contributed by atoms with Gasteiger partial charge in [-0.05, 0) is 18.4 Å². The van der Waals surface area contributed by atoms with Gasteiger partial charge in [0.2, 0.25) is 0 Å². The molecule has 7 heteroatoms. The van der Waals surface area contributed by atoms with Crippen LogP contribution in [0.5, 0.6) is 0 Å². The van der Waals surface area contributed by atoms with Crippen LogP contribution in [0.3, 0.4) is 0 Å². The van der Waals surface area contributed by atoms with Crippen LogP contribution in [0.4, 0.5) is 10.1 Å². The Hall–Kier alpha value is -0.770. The molecule has 0 spiro atoms. The summed E-state index contributed by atoms with van der Waals surface area (Å²) in [4.78, 5) is 3.93. The molecule has 0 unspecified atom stereocenters. The molecule has 0 aliphatic carbocycles. The number of rotatable bonds is 1. The fraction of sp³-hybridized carbons (Fsp3) is 0.111. The van der Waals surface area contributed by atoms with Crippen LogP contribution in [0.1, 0.15) is 0 Å². The Morgan fingerprint density at radius 3 is 2.88 bits per heavy atom. The molecular formula is C9H6BrClFN3S. The highest BCUT2D eigenvalue weighted by atomic mass is 79.9. The van der Waals surface area contributed by atoms with E-state index < -0.39 is 5.82 Å². The zero-order chi connectivity index (χ0) is 12.1. The second-order valence-electron chi connectivity index (χ2n) is 2.58. The predicted octanol–water partition coefficient (Wildman–Crippen LogP) is 3.66. The maximum atomic E-state index is 13.5. The van der Waals surface area contributed by atoms with E-state index in [4.69, 9.17) is 16.9 Å². The van der Waals surface area contributed by atoms with E-state index >= 15 is 0 Å². The van der Waals surface area contributed by atoms with Gasteiger partial charge in [-0.3, -0.25) is 5.32 Å². The third-order valence-electron chi connectivity index (χ3n) is 1.55. The first kappa shape index (κ1) is 13.3. The molecule has 0 saturated heterocycles. The van der Waals surface area contributed by atoms with Crippen molar-refractivity contribution in [3.63, 3.8) is 0 Å². The first-order chi connectivity index (χ1) is 7.58. The molecule has 16 heavy (non-hydrogen) atoms. The zero-order valence-corrected chi connectivity index (χ0v) is 11.2. The van der Waals surface area contributed by atoms with Crippen molar-refractivity contribution in [3.8, 4) is 6.19 Å². The monoisotopic (exact) mass is 321 g/mol. The second kappa shape index (κ2) is 6.09. The van der Waals surface area contributed by atoms with Crippen molar-refractivity contribution in [2.24, 2.45) is 4.99 Å². The van der Waals surface area contributed by atoms with Gasteiger partial charge in [0.1, 0.15) is 5.69 Å². The van der Waals surface area contributed by atoms with Gasteiger partial charge in [-0.1, -0.05) is 39.3 Å². The topological polar surface area (TPSA) is 48.2 Å². The quantitative estimate of drug-likeness (QED) is 0.371. The number of thioether (sulfide) groups is 1. The molecule has 0 aliphatic rings. The van der Waals surface area contributed by atoms with Crippen LogP contribution in [0.15, 0.2) is 21.6 Å².